The molecule has 1 aromatic carbocycles. The number of hydrogen-bond donors (Lipinski definition) is 1. The molecule has 1 atom stereocenters. The smallest absolute Gasteiger partial charge is 0.386 e. The Bertz CT molecular complexity index is 854. The number of nitrogens with zero attached hydrogens (tertiary/aromatic N) is 2. The van der Waals surface area contributed by atoms with Crippen LogP contribution in [0.5, 0.6) is 0 Å². The second kappa shape index (κ2) is 6.29. The maximum Gasteiger partial charge on any atom is 0.421 e. The van der Waals surface area contributed by atoms with E-state index in [1.165, 1.54) is 0 Å². The summed E-state index contributed by atoms with van der Waals surface area (Å²) in [4.78, 5) is 12.2. The fourth-order valence-electron chi connectivity index (χ4n) is 2.71. The second-order valence-electron chi connectivity index (χ2n) is 6.60. The number of aliphatic hydroxyl groups excluding tert-OH is 1. The van der Waals surface area contributed by atoms with Gasteiger partial charge < -0.3 is 5.11 Å². The van der Waals surface area contributed by atoms with E-state index < -0.39 is 23.4 Å². The molecular weight excluding hydrogens is 333 g/mol. The number of aliphatic hydroxyl groups is 1. The lowest BCUT2D eigenvalue weighted by Crippen LogP contribution is -2.33. The highest BCUT2D eigenvalue weighted by molar-refractivity contribution is 5.31. The molecule has 1 unspecified atom stereocenters. The lowest BCUT2D eigenvalue weighted by Gasteiger charge is -2.16. The Hall–Kier alpha value is -2.15. The van der Waals surface area contributed by atoms with Gasteiger partial charge in [-0.15, -0.1) is 0 Å². The minimum atomic E-state index is -4.74. The lowest BCUT2D eigenvalue weighted by atomic mass is 10.0. The maximum absolute atomic E-state index is 13.1. The fourth-order valence-corrected chi connectivity index (χ4v) is 2.71. The van der Waals surface area contributed by atoms with E-state index in [0.717, 1.165) is 34.7 Å². The second-order valence-corrected chi connectivity index (χ2v) is 6.60. The molecule has 0 spiro atoms. The molecule has 25 heavy (non-hydrogen) atoms. The van der Waals surface area contributed by atoms with Crippen molar-refractivity contribution in [3.8, 4) is 0 Å². The molecule has 1 aliphatic rings. The molecule has 1 aliphatic carbocycles. The molecule has 4 nitrogen and oxygen atoms in total. The van der Waals surface area contributed by atoms with Crippen molar-refractivity contribution in [2.24, 2.45) is 0 Å². The van der Waals surface area contributed by atoms with Crippen LogP contribution in [-0.2, 0) is 12.7 Å². The Morgan fingerprint density at radius 2 is 1.92 bits per heavy atom. The standard InChI is InChI=1S/C18H19F3N2O2/c1-10-3-4-13(7-11(10)2)16(24)9-23-17(25)14(18(19,20)21)8-15(22-23)12-5-6-12/h3-4,7-8,12,16,24H,5-6,9H2,1-2H3. The first-order chi connectivity index (χ1) is 11.7. The Morgan fingerprint density at radius 1 is 1.24 bits per heavy atom. The summed E-state index contributed by atoms with van der Waals surface area (Å²) in [6.07, 6.45) is -4.32. The average Bonchev–Trinajstić information content (AvgIpc) is 3.35. The van der Waals surface area contributed by atoms with Gasteiger partial charge in [-0.25, -0.2) is 4.68 Å². The Morgan fingerprint density at radius 3 is 2.48 bits per heavy atom. The monoisotopic (exact) mass is 352 g/mol. The Kier molecular flexibility index (Phi) is 4.45. The third kappa shape index (κ3) is 3.76. The highest BCUT2D eigenvalue weighted by Gasteiger charge is 2.37. The number of rotatable bonds is 4. The highest BCUT2D eigenvalue weighted by atomic mass is 19.4. The molecule has 0 saturated heterocycles. The van der Waals surface area contributed by atoms with Crippen LogP contribution in [0.25, 0.3) is 0 Å². The first kappa shape index (κ1) is 17.7. The van der Waals surface area contributed by atoms with Crippen LogP contribution in [-0.4, -0.2) is 14.9 Å². The zero-order valence-corrected chi connectivity index (χ0v) is 14.0. The summed E-state index contributed by atoms with van der Waals surface area (Å²) in [6.45, 7) is 3.49. The van der Waals surface area contributed by atoms with Crippen LogP contribution in [0.4, 0.5) is 13.2 Å². The minimum Gasteiger partial charge on any atom is -0.386 e. The van der Waals surface area contributed by atoms with Crippen molar-refractivity contribution in [2.75, 3.05) is 0 Å². The fraction of sp³-hybridized carbons (Fsp3) is 0.444. The van der Waals surface area contributed by atoms with Crippen LogP contribution in [0, 0.1) is 13.8 Å². The van der Waals surface area contributed by atoms with Crippen LogP contribution in [0.1, 0.15) is 52.8 Å². The largest absolute Gasteiger partial charge is 0.421 e. The van der Waals surface area contributed by atoms with E-state index in [4.69, 9.17) is 0 Å². The minimum absolute atomic E-state index is 0.0355. The van der Waals surface area contributed by atoms with Gasteiger partial charge >= 0.3 is 6.18 Å². The van der Waals surface area contributed by atoms with Gasteiger partial charge in [0.2, 0.25) is 0 Å². The third-order valence-corrected chi connectivity index (χ3v) is 4.56. The quantitative estimate of drug-likeness (QED) is 0.916. The van der Waals surface area contributed by atoms with E-state index in [9.17, 15) is 23.1 Å². The maximum atomic E-state index is 13.1. The topological polar surface area (TPSA) is 55.1 Å². The van der Waals surface area contributed by atoms with Gasteiger partial charge in [0, 0.05) is 5.92 Å². The van der Waals surface area contributed by atoms with E-state index >= 15 is 0 Å². The van der Waals surface area contributed by atoms with Crippen LogP contribution in [0.2, 0.25) is 0 Å². The number of aryl methyl sites for hydroxylation is 2. The summed E-state index contributed by atoms with van der Waals surface area (Å²) in [7, 11) is 0. The summed E-state index contributed by atoms with van der Waals surface area (Å²) in [5.74, 6) is -0.0355. The molecule has 3 rings (SSSR count). The van der Waals surface area contributed by atoms with Crippen molar-refractivity contribution in [1.29, 1.82) is 0 Å². The predicted molar refractivity (Wildman–Crippen MR) is 86.3 cm³/mol. The van der Waals surface area contributed by atoms with E-state index in [-0.39, 0.29) is 18.2 Å². The predicted octanol–water partition coefficient (Wildman–Crippen LogP) is 3.49. The van der Waals surface area contributed by atoms with Crippen molar-refractivity contribution in [2.45, 2.75) is 51.4 Å². The molecule has 1 N–H and O–H groups in total. The van der Waals surface area contributed by atoms with Crippen molar-refractivity contribution in [3.05, 3.63) is 62.6 Å². The van der Waals surface area contributed by atoms with Gasteiger partial charge in [-0.05, 0) is 49.4 Å². The lowest BCUT2D eigenvalue weighted by molar-refractivity contribution is -0.139. The Balaban J connectivity index is 1.97. The molecule has 1 aromatic heterocycles. The van der Waals surface area contributed by atoms with Crippen molar-refractivity contribution < 1.29 is 18.3 Å². The molecule has 7 heteroatoms. The summed E-state index contributed by atoms with van der Waals surface area (Å²) >= 11 is 0. The van der Waals surface area contributed by atoms with Gasteiger partial charge in [0.25, 0.3) is 5.56 Å². The number of hydrogen-bond acceptors (Lipinski definition) is 3. The zero-order chi connectivity index (χ0) is 18.4. The number of benzene rings is 1. The van der Waals surface area contributed by atoms with E-state index in [2.05, 4.69) is 5.10 Å². The molecule has 2 aromatic rings. The zero-order valence-electron chi connectivity index (χ0n) is 14.0. The van der Waals surface area contributed by atoms with Gasteiger partial charge in [0.15, 0.2) is 0 Å². The first-order valence-corrected chi connectivity index (χ1v) is 8.11. The number of aromatic nitrogens is 2. The molecule has 0 bridgehead atoms. The van der Waals surface area contributed by atoms with Gasteiger partial charge in [0.1, 0.15) is 5.56 Å². The average molecular weight is 352 g/mol. The molecule has 0 aliphatic heterocycles. The molecule has 1 fully saturated rings. The molecular formula is C18H19F3N2O2. The van der Waals surface area contributed by atoms with Crippen LogP contribution < -0.4 is 5.56 Å². The van der Waals surface area contributed by atoms with E-state index in [0.29, 0.717) is 5.56 Å². The van der Waals surface area contributed by atoms with Crippen molar-refractivity contribution >= 4 is 0 Å². The molecule has 0 amide bonds. The normalized spacial score (nSPS) is 16.1. The van der Waals surface area contributed by atoms with Gasteiger partial charge in [-0.1, -0.05) is 18.2 Å². The first-order valence-electron chi connectivity index (χ1n) is 8.11. The highest BCUT2D eigenvalue weighted by Crippen LogP contribution is 2.40. The van der Waals surface area contributed by atoms with E-state index in [1.54, 1.807) is 12.1 Å². The summed E-state index contributed by atoms with van der Waals surface area (Å²) in [6, 6.07) is 6.14. The number of alkyl halides is 3. The van der Waals surface area contributed by atoms with Crippen LogP contribution >= 0.6 is 0 Å². The van der Waals surface area contributed by atoms with Crippen molar-refractivity contribution in [1.82, 2.24) is 9.78 Å². The molecule has 1 saturated carbocycles. The third-order valence-electron chi connectivity index (χ3n) is 4.56. The van der Waals surface area contributed by atoms with Gasteiger partial charge in [-0.3, -0.25) is 4.79 Å². The molecule has 134 valence electrons. The number of halogens is 3. The van der Waals surface area contributed by atoms with E-state index in [1.807, 2.05) is 19.9 Å². The Labute approximate surface area is 142 Å². The van der Waals surface area contributed by atoms with Crippen LogP contribution in [0.15, 0.2) is 29.1 Å². The summed E-state index contributed by atoms with van der Waals surface area (Å²) in [5, 5.41) is 14.4. The van der Waals surface area contributed by atoms with Gasteiger partial charge in [-0.2, -0.15) is 18.3 Å². The SMILES string of the molecule is Cc1ccc(C(O)Cn2nc(C3CC3)cc(C(F)(F)F)c2=O)cc1C. The molecule has 1 heterocycles. The molecule has 0 radical (unpaired) electrons. The summed E-state index contributed by atoms with van der Waals surface area (Å²) in [5.41, 5.74) is 0.360. The summed E-state index contributed by atoms with van der Waals surface area (Å²) < 4.78 is 40.2. The van der Waals surface area contributed by atoms with Crippen LogP contribution in [0.3, 0.4) is 0 Å². The van der Waals surface area contributed by atoms with Crippen molar-refractivity contribution in [3.63, 3.8) is 0 Å². The van der Waals surface area contributed by atoms with Gasteiger partial charge in [0.05, 0.1) is 18.3 Å².